The lowest BCUT2D eigenvalue weighted by Gasteiger charge is -2.42. The van der Waals surface area contributed by atoms with E-state index in [-0.39, 0.29) is 24.2 Å². The third kappa shape index (κ3) is 4.63. The summed E-state index contributed by atoms with van der Waals surface area (Å²) in [6, 6.07) is -0.390. The van der Waals surface area contributed by atoms with E-state index in [1.807, 2.05) is 21.0 Å². The standard InChI is InChI=1S/C13H27N3O3/c1-4-11(9-17)15-12(18)14-10-13(16(2)3)5-7-19-8-6-13/h11,17H,4-10H2,1-3H3,(H2,14,15,18)/t11-/m0/s1. The number of amides is 2. The molecule has 0 spiro atoms. The predicted molar refractivity (Wildman–Crippen MR) is 74.2 cm³/mol. The molecule has 0 unspecified atom stereocenters. The molecule has 112 valence electrons. The van der Waals surface area contributed by atoms with Crippen LogP contribution in [0.2, 0.25) is 0 Å². The number of likely N-dealkylation sites (N-methyl/N-ethyl adjacent to an activating group) is 1. The molecule has 0 bridgehead atoms. The first-order valence-electron chi connectivity index (χ1n) is 6.94. The van der Waals surface area contributed by atoms with Crippen molar-refractivity contribution in [2.45, 2.75) is 37.8 Å². The highest BCUT2D eigenvalue weighted by molar-refractivity contribution is 5.74. The summed E-state index contributed by atoms with van der Waals surface area (Å²) in [7, 11) is 4.07. The van der Waals surface area contributed by atoms with Gasteiger partial charge in [-0.1, -0.05) is 6.92 Å². The van der Waals surface area contributed by atoms with E-state index in [2.05, 4.69) is 15.5 Å². The average Bonchev–Trinajstić information content (AvgIpc) is 2.43. The van der Waals surface area contributed by atoms with Crippen molar-refractivity contribution in [3.8, 4) is 0 Å². The molecule has 1 saturated heterocycles. The molecule has 19 heavy (non-hydrogen) atoms. The van der Waals surface area contributed by atoms with Crippen LogP contribution >= 0.6 is 0 Å². The number of hydrogen-bond donors (Lipinski definition) is 3. The second-order valence-corrected chi connectivity index (χ2v) is 5.35. The van der Waals surface area contributed by atoms with Gasteiger partial charge in [0.25, 0.3) is 0 Å². The van der Waals surface area contributed by atoms with E-state index in [0.717, 1.165) is 32.5 Å². The molecule has 0 aromatic heterocycles. The average molecular weight is 273 g/mol. The third-order valence-corrected chi connectivity index (χ3v) is 4.00. The van der Waals surface area contributed by atoms with Crippen LogP contribution in [0, 0.1) is 0 Å². The smallest absolute Gasteiger partial charge is 0.315 e. The van der Waals surface area contributed by atoms with Gasteiger partial charge >= 0.3 is 6.03 Å². The lowest BCUT2D eigenvalue weighted by atomic mass is 9.88. The molecule has 1 aliphatic heterocycles. The predicted octanol–water partition coefficient (Wildman–Crippen LogP) is 0.167. The van der Waals surface area contributed by atoms with E-state index in [1.165, 1.54) is 0 Å². The molecule has 3 N–H and O–H groups in total. The highest BCUT2D eigenvalue weighted by Crippen LogP contribution is 2.24. The second-order valence-electron chi connectivity index (χ2n) is 5.35. The molecule has 1 fully saturated rings. The van der Waals surface area contributed by atoms with Crippen molar-refractivity contribution >= 4 is 6.03 Å². The van der Waals surface area contributed by atoms with Gasteiger partial charge in [-0.25, -0.2) is 4.79 Å². The molecule has 1 rings (SSSR count). The summed E-state index contributed by atoms with van der Waals surface area (Å²) in [5.41, 5.74) is -0.0312. The number of ether oxygens (including phenoxy) is 1. The number of rotatable bonds is 6. The van der Waals surface area contributed by atoms with E-state index in [4.69, 9.17) is 9.84 Å². The van der Waals surface area contributed by atoms with Gasteiger partial charge in [0.05, 0.1) is 12.6 Å². The highest BCUT2D eigenvalue weighted by atomic mass is 16.5. The minimum atomic E-state index is -0.214. The summed E-state index contributed by atoms with van der Waals surface area (Å²) in [6.45, 7) is 3.96. The zero-order chi connectivity index (χ0) is 14.3. The van der Waals surface area contributed by atoms with E-state index in [0.29, 0.717) is 6.54 Å². The van der Waals surface area contributed by atoms with Crippen LogP contribution in [0.5, 0.6) is 0 Å². The van der Waals surface area contributed by atoms with Crippen LogP contribution in [0.1, 0.15) is 26.2 Å². The molecule has 6 nitrogen and oxygen atoms in total. The fourth-order valence-corrected chi connectivity index (χ4v) is 2.29. The maximum absolute atomic E-state index is 11.8. The van der Waals surface area contributed by atoms with Gasteiger partial charge in [-0.15, -0.1) is 0 Å². The summed E-state index contributed by atoms with van der Waals surface area (Å²) in [5.74, 6) is 0. The first-order chi connectivity index (χ1) is 9.04. The number of carbonyl (C=O) groups is 1. The first kappa shape index (κ1) is 16.2. The largest absolute Gasteiger partial charge is 0.394 e. The molecule has 2 amide bonds. The van der Waals surface area contributed by atoms with Crippen molar-refractivity contribution in [2.24, 2.45) is 0 Å². The summed E-state index contributed by atoms with van der Waals surface area (Å²) < 4.78 is 5.39. The van der Waals surface area contributed by atoms with Crippen LogP contribution in [0.4, 0.5) is 4.79 Å². The monoisotopic (exact) mass is 273 g/mol. The number of aliphatic hydroxyl groups is 1. The van der Waals surface area contributed by atoms with Gasteiger partial charge < -0.3 is 25.4 Å². The number of aliphatic hydroxyl groups excluding tert-OH is 1. The van der Waals surface area contributed by atoms with E-state index in [9.17, 15) is 4.79 Å². The maximum Gasteiger partial charge on any atom is 0.315 e. The Bertz CT molecular complexity index is 274. The van der Waals surface area contributed by atoms with Crippen molar-refractivity contribution < 1.29 is 14.6 Å². The number of nitrogens with one attached hydrogen (secondary N) is 2. The van der Waals surface area contributed by atoms with Crippen LogP contribution in [0.15, 0.2) is 0 Å². The van der Waals surface area contributed by atoms with Crippen molar-refractivity contribution in [1.82, 2.24) is 15.5 Å². The number of carbonyl (C=O) groups excluding carboxylic acids is 1. The molecule has 0 saturated carbocycles. The zero-order valence-electron chi connectivity index (χ0n) is 12.2. The minimum Gasteiger partial charge on any atom is -0.394 e. The molecule has 1 atom stereocenters. The summed E-state index contributed by atoms with van der Waals surface area (Å²) in [6.07, 6.45) is 2.55. The Balaban J connectivity index is 2.45. The molecule has 0 radical (unpaired) electrons. The number of nitrogens with zero attached hydrogens (tertiary/aromatic N) is 1. The summed E-state index contributed by atoms with van der Waals surface area (Å²) in [4.78, 5) is 14.0. The third-order valence-electron chi connectivity index (χ3n) is 4.00. The van der Waals surface area contributed by atoms with Crippen molar-refractivity contribution in [2.75, 3.05) is 40.5 Å². The van der Waals surface area contributed by atoms with E-state index < -0.39 is 0 Å². The Morgan fingerprint density at radius 1 is 1.42 bits per heavy atom. The molecule has 0 aliphatic carbocycles. The van der Waals surface area contributed by atoms with Crippen LogP contribution in [-0.4, -0.2) is 68.1 Å². The second kappa shape index (κ2) is 7.67. The van der Waals surface area contributed by atoms with Gasteiger partial charge in [-0.05, 0) is 33.4 Å². The summed E-state index contributed by atoms with van der Waals surface area (Å²) in [5, 5.41) is 14.7. The maximum atomic E-state index is 11.8. The lowest BCUT2D eigenvalue weighted by molar-refractivity contribution is -0.00577. The Morgan fingerprint density at radius 2 is 2.05 bits per heavy atom. The topological polar surface area (TPSA) is 73.8 Å². The van der Waals surface area contributed by atoms with Gasteiger partial charge in [0.15, 0.2) is 0 Å². The van der Waals surface area contributed by atoms with Gasteiger partial charge in [-0.2, -0.15) is 0 Å². The van der Waals surface area contributed by atoms with Crippen molar-refractivity contribution in [3.05, 3.63) is 0 Å². The van der Waals surface area contributed by atoms with Gasteiger partial charge in [0, 0.05) is 25.3 Å². The van der Waals surface area contributed by atoms with Crippen molar-refractivity contribution in [3.63, 3.8) is 0 Å². The number of urea groups is 1. The lowest BCUT2D eigenvalue weighted by Crippen LogP contribution is -2.57. The normalized spacial score (nSPS) is 20.1. The Labute approximate surface area is 115 Å². The molecule has 1 heterocycles. The Morgan fingerprint density at radius 3 is 2.53 bits per heavy atom. The van der Waals surface area contributed by atoms with Gasteiger partial charge in [0.1, 0.15) is 0 Å². The van der Waals surface area contributed by atoms with Crippen LogP contribution in [0.25, 0.3) is 0 Å². The first-order valence-corrected chi connectivity index (χ1v) is 6.94. The Hall–Kier alpha value is -0.850. The highest BCUT2D eigenvalue weighted by Gasteiger charge is 2.35. The fourth-order valence-electron chi connectivity index (χ4n) is 2.29. The van der Waals surface area contributed by atoms with Crippen molar-refractivity contribution in [1.29, 1.82) is 0 Å². The van der Waals surface area contributed by atoms with Crippen LogP contribution in [0.3, 0.4) is 0 Å². The van der Waals surface area contributed by atoms with E-state index in [1.54, 1.807) is 0 Å². The van der Waals surface area contributed by atoms with Crippen LogP contribution < -0.4 is 10.6 Å². The van der Waals surface area contributed by atoms with Gasteiger partial charge in [-0.3, -0.25) is 0 Å². The summed E-state index contributed by atoms with van der Waals surface area (Å²) >= 11 is 0. The zero-order valence-corrected chi connectivity index (χ0v) is 12.2. The van der Waals surface area contributed by atoms with Crippen LogP contribution in [-0.2, 0) is 4.74 Å². The van der Waals surface area contributed by atoms with Gasteiger partial charge in [0.2, 0.25) is 0 Å². The quantitative estimate of drug-likeness (QED) is 0.645. The fraction of sp³-hybridized carbons (Fsp3) is 0.923. The number of hydrogen-bond acceptors (Lipinski definition) is 4. The molecular weight excluding hydrogens is 246 g/mol. The minimum absolute atomic E-state index is 0.0312. The van der Waals surface area contributed by atoms with E-state index >= 15 is 0 Å². The molecule has 1 aliphatic rings. The molecular formula is C13H27N3O3. The molecule has 0 aromatic rings. The molecule has 6 heteroatoms. The molecule has 0 aromatic carbocycles. The Kier molecular flexibility index (Phi) is 6.54. The SMILES string of the molecule is CC[C@@H](CO)NC(=O)NCC1(N(C)C)CCOCC1.